The van der Waals surface area contributed by atoms with E-state index in [1.807, 2.05) is 36.7 Å². The van der Waals surface area contributed by atoms with Crippen LogP contribution in [-0.4, -0.2) is 48.0 Å². The summed E-state index contributed by atoms with van der Waals surface area (Å²) in [6.45, 7) is 5.40. The molecule has 1 aliphatic heterocycles. The largest absolute Gasteiger partial charge is 0.346 e. The molecule has 0 aliphatic carbocycles. The molecule has 3 rings (SSSR count). The Labute approximate surface area is 144 Å². The van der Waals surface area contributed by atoms with Crippen LogP contribution < -0.4 is 10.2 Å². The lowest BCUT2D eigenvalue weighted by atomic mass is 10.2. The van der Waals surface area contributed by atoms with Crippen molar-refractivity contribution in [1.82, 2.24) is 9.88 Å². The van der Waals surface area contributed by atoms with Crippen molar-refractivity contribution in [1.29, 1.82) is 0 Å². The van der Waals surface area contributed by atoms with E-state index in [0.717, 1.165) is 31.3 Å². The Morgan fingerprint density at radius 3 is 2.70 bits per heavy atom. The van der Waals surface area contributed by atoms with Crippen LogP contribution in [0, 0.1) is 0 Å². The zero-order valence-electron chi connectivity index (χ0n) is 12.9. The molecule has 1 fully saturated rings. The van der Waals surface area contributed by atoms with Gasteiger partial charge in [-0.2, -0.15) is 0 Å². The molecule has 1 saturated heterocycles. The van der Waals surface area contributed by atoms with Gasteiger partial charge in [0.05, 0.1) is 16.8 Å². The van der Waals surface area contributed by atoms with Gasteiger partial charge in [0.25, 0.3) is 0 Å². The Morgan fingerprint density at radius 1 is 1.30 bits per heavy atom. The van der Waals surface area contributed by atoms with Crippen LogP contribution in [0.2, 0.25) is 5.02 Å². The van der Waals surface area contributed by atoms with Crippen molar-refractivity contribution >= 4 is 39.7 Å². The minimum Gasteiger partial charge on any atom is -0.346 e. The van der Waals surface area contributed by atoms with E-state index in [-0.39, 0.29) is 11.9 Å². The summed E-state index contributed by atoms with van der Waals surface area (Å²) in [6, 6.07) is 7.10. The summed E-state index contributed by atoms with van der Waals surface area (Å²) in [4.78, 5) is 21.2. The number of amides is 1. The van der Waals surface area contributed by atoms with Crippen LogP contribution in [0.5, 0.6) is 0 Å². The number of para-hydroxylation sites is 1. The van der Waals surface area contributed by atoms with Crippen molar-refractivity contribution in [3.8, 4) is 0 Å². The van der Waals surface area contributed by atoms with Crippen molar-refractivity contribution in [3.05, 3.63) is 40.9 Å². The number of nitrogens with one attached hydrogen (secondary N) is 1. The number of benzene rings is 1. The molecule has 0 bridgehead atoms. The molecule has 2 aromatic rings. The highest BCUT2D eigenvalue weighted by Gasteiger charge is 2.26. The normalized spacial score (nSPS) is 17.0. The van der Waals surface area contributed by atoms with Crippen molar-refractivity contribution in [3.63, 3.8) is 0 Å². The van der Waals surface area contributed by atoms with Crippen LogP contribution in [0.3, 0.4) is 0 Å². The van der Waals surface area contributed by atoms with Gasteiger partial charge in [0.1, 0.15) is 0 Å². The maximum atomic E-state index is 12.4. The molecular weight excluding hydrogens is 332 g/mol. The van der Waals surface area contributed by atoms with E-state index in [0.29, 0.717) is 10.7 Å². The van der Waals surface area contributed by atoms with Gasteiger partial charge in [-0.1, -0.05) is 23.7 Å². The molecule has 122 valence electrons. The zero-order valence-corrected chi connectivity index (χ0v) is 14.5. The Morgan fingerprint density at radius 2 is 2.04 bits per heavy atom. The van der Waals surface area contributed by atoms with Crippen LogP contribution in [0.25, 0.3) is 0 Å². The molecule has 0 spiro atoms. The minimum absolute atomic E-state index is 0.0270. The van der Waals surface area contributed by atoms with E-state index in [2.05, 4.69) is 20.1 Å². The molecular formula is C16H19ClN4OS. The molecule has 1 amide bonds. The van der Waals surface area contributed by atoms with Gasteiger partial charge in [0, 0.05) is 37.8 Å². The number of hydrogen-bond donors (Lipinski definition) is 1. The van der Waals surface area contributed by atoms with E-state index in [4.69, 9.17) is 11.6 Å². The standard InChI is InChI=1S/C16H19ClN4OS/c1-12(15(22)19-14-5-3-2-4-13(14)17)20-7-9-21(10-8-20)16-18-6-11-23-16/h2-6,11-12H,7-10H2,1H3,(H,19,22)/t12-/m0/s1. The van der Waals surface area contributed by atoms with E-state index in [9.17, 15) is 4.79 Å². The van der Waals surface area contributed by atoms with Crippen LogP contribution >= 0.6 is 22.9 Å². The van der Waals surface area contributed by atoms with Crippen LogP contribution in [0.1, 0.15) is 6.92 Å². The second-order valence-corrected chi connectivity index (χ2v) is 6.76. The summed E-state index contributed by atoms with van der Waals surface area (Å²) in [5.41, 5.74) is 0.660. The smallest absolute Gasteiger partial charge is 0.241 e. The van der Waals surface area contributed by atoms with Gasteiger partial charge < -0.3 is 10.2 Å². The highest BCUT2D eigenvalue weighted by molar-refractivity contribution is 7.13. The first-order chi connectivity index (χ1) is 11.1. The first-order valence-electron chi connectivity index (χ1n) is 7.59. The highest BCUT2D eigenvalue weighted by atomic mass is 35.5. The van der Waals surface area contributed by atoms with Gasteiger partial charge in [0.15, 0.2) is 5.13 Å². The summed E-state index contributed by atoms with van der Waals surface area (Å²) in [5, 5.41) is 6.51. The summed E-state index contributed by atoms with van der Waals surface area (Å²) < 4.78 is 0. The number of carbonyl (C=O) groups excluding carboxylic acids is 1. The fourth-order valence-corrected chi connectivity index (χ4v) is 3.52. The van der Waals surface area contributed by atoms with Crippen LogP contribution in [0.4, 0.5) is 10.8 Å². The second kappa shape index (κ2) is 7.29. The molecule has 0 radical (unpaired) electrons. The molecule has 7 heteroatoms. The van der Waals surface area contributed by atoms with Crippen LogP contribution in [0.15, 0.2) is 35.8 Å². The summed E-state index contributed by atoms with van der Waals surface area (Å²) in [6.07, 6.45) is 1.83. The average molecular weight is 351 g/mol. The number of carbonyl (C=O) groups is 1. The summed E-state index contributed by atoms with van der Waals surface area (Å²) >= 11 is 7.75. The van der Waals surface area contributed by atoms with E-state index < -0.39 is 0 Å². The van der Waals surface area contributed by atoms with Gasteiger partial charge in [-0.05, 0) is 19.1 Å². The monoisotopic (exact) mass is 350 g/mol. The Kier molecular flexibility index (Phi) is 5.15. The molecule has 0 unspecified atom stereocenters. The molecule has 1 aliphatic rings. The molecule has 1 aromatic carbocycles. The summed E-state index contributed by atoms with van der Waals surface area (Å²) in [5.74, 6) is -0.0270. The first-order valence-corrected chi connectivity index (χ1v) is 8.85. The van der Waals surface area contributed by atoms with Gasteiger partial charge in [-0.15, -0.1) is 11.3 Å². The second-order valence-electron chi connectivity index (χ2n) is 5.48. The fraction of sp³-hybridized carbons (Fsp3) is 0.375. The SMILES string of the molecule is C[C@@H](C(=O)Nc1ccccc1Cl)N1CCN(c2nccs2)CC1. The third-order valence-corrected chi connectivity index (χ3v) is 5.22. The molecule has 1 N–H and O–H groups in total. The van der Waals surface area contributed by atoms with Gasteiger partial charge in [0.2, 0.25) is 5.91 Å². The molecule has 23 heavy (non-hydrogen) atoms. The van der Waals surface area contributed by atoms with E-state index in [1.54, 1.807) is 17.4 Å². The summed E-state index contributed by atoms with van der Waals surface area (Å²) in [7, 11) is 0. The van der Waals surface area contributed by atoms with Crippen molar-refractivity contribution in [2.75, 3.05) is 36.4 Å². The topological polar surface area (TPSA) is 48.5 Å². The Bertz CT molecular complexity index is 656. The minimum atomic E-state index is -0.190. The number of nitrogens with zero attached hydrogens (tertiary/aromatic N) is 3. The number of hydrogen-bond acceptors (Lipinski definition) is 5. The van der Waals surface area contributed by atoms with Gasteiger partial charge in [-0.3, -0.25) is 9.69 Å². The number of thiazole rings is 1. The molecule has 5 nitrogen and oxygen atoms in total. The molecule has 1 aromatic heterocycles. The number of halogens is 1. The van der Waals surface area contributed by atoms with Gasteiger partial charge >= 0.3 is 0 Å². The molecule has 2 heterocycles. The number of rotatable bonds is 4. The third-order valence-electron chi connectivity index (χ3n) is 4.06. The number of anilines is 2. The van der Waals surface area contributed by atoms with Crippen molar-refractivity contribution < 1.29 is 4.79 Å². The zero-order chi connectivity index (χ0) is 16.2. The average Bonchev–Trinajstić information content (AvgIpc) is 3.11. The van der Waals surface area contributed by atoms with Gasteiger partial charge in [-0.25, -0.2) is 4.98 Å². The maximum Gasteiger partial charge on any atom is 0.241 e. The number of piperazine rings is 1. The maximum absolute atomic E-state index is 12.4. The van der Waals surface area contributed by atoms with E-state index >= 15 is 0 Å². The number of aromatic nitrogens is 1. The lowest BCUT2D eigenvalue weighted by molar-refractivity contribution is -0.120. The highest BCUT2D eigenvalue weighted by Crippen LogP contribution is 2.22. The van der Waals surface area contributed by atoms with Crippen molar-refractivity contribution in [2.45, 2.75) is 13.0 Å². The first kappa shape index (κ1) is 16.2. The quantitative estimate of drug-likeness (QED) is 0.921. The Hall–Kier alpha value is -1.63. The Balaban J connectivity index is 1.55. The van der Waals surface area contributed by atoms with E-state index in [1.165, 1.54) is 0 Å². The molecule has 0 saturated carbocycles. The molecule has 1 atom stereocenters. The predicted molar refractivity (Wildman–Crippen MR) is 95.4 cm³/mol. The third kappa shape index (κ3) is 3.83. The van der Waals surface area contributed by atoms with Crippen LogP contribution in [-0.2, 0) is 4.79 Å². The lowest BCUT2D eigenvalue weighted by Crippen LogP contribution is -2.52. The predicted octanol–water partition coefficient (Wildman–Crippen LogP) is 2.95. The fourth-order valence-electron chi connectivity index (χ4n) is 2.64. The van der Waals surface area contributed by atoms with Crippen molar-refractivity contribution in [2.24, 2.45) is 0 Å². The lowest BCUT2D eigenvalue weighted by Gasteiger charge is -2.37.